The van der Waals surface area contributed by atoms with E-state index in [1.165, 1.54) is 0 Å². The molecule has 1 aromatic carbocycles. The highest BCUT2D eigenvalue weighted by atomic mass is 19.1. The van der Waals surface area contributed by atoms with Gasteiger partial charge in [0, 0.05) is 19.1 Å². The number of halogens is 1. The van der Waals surface area contributed by atoms with Crippen molar-refractivity contribution in [2.24, 2.45) is 5.92 Å². The molecule has 0 spiro atoms. The molecular formula is C17H27FN2O. The van der Waals surface area contributed by atoms with Crippen LogP contribution in [0.3, 0.4) is 0 Å². The van der Waals surface area contributed by atoms with Crippen molar-refractivity contribution in [1.82, 2.24) is 10.2 Å². The van der Waals surface area contributed by atoms with Crippen molar-refractivity contribution in [3.8, 4) is 0 Å². The van der Waals surface area contributed by atoms with E-state index in [1.54, 1.807) is 13.0 Å². The Balaban J connectivity index is 1.92. The van der Waals surface area contributed by atoms with Crippen LogP contribution in [0.2, 0.25) is 0 Å². The number of hydrogen-bond donors (Lipinski definition) is 2. The first-order valence-electron chi connectivity index (χ1n) is 7.85. The van der Waals surface area contributed by atoms with Crippen LogP contribution in [-0.2, 0) is 0 Å². The van der Waals surface area contributed by atoms with Crippen LogP contribution in [0.5, 0.6) is 0 Å². The Bertz CT molecular complexity index is 466. The van der Waals surface area contributed by atoms with Gasteiger partial charge in [0.05, 0.1) is 6.10 Å². The fraction of sp³-hybridized carbons (Fsp3) is 0.647. The lowest BCUT2D eigenvalue weighted by Gasteiger charge is -2.35. The van der Waals surface area contributed by atoms with Crippen molar-refractivity contribution in [3.05, 3.63) is 35.1 Å². The molecular weight excluding hydrogens is 267 g/mol. The molecule has 0 amide bonds. The van der Waals surface area contributed by atoms with Crippen LogP contribution >= 0.6 is 0 Å². The van der Waals surface area contributed by atoms with Gasteiger partial charge < -0.3 is 15.3 Å². The molecule has 0 bridgehead atoms. The summed E-state index contributed by atoms with van der Waals surface area (Å²) in [6.07, 6.45) is 1.64. The van der Waals surface area contributed by atoms with E-state index in [0.717, 1.165) is 38.0 Å². The Morgan fingerprint density at radius 1 is 1.48 bits per heavy atom. The monoisotopic (exact) mass is 294 g/mol. The van der Waals surface area contributed by atoms with Gasteiger partial charge >= 0.3 is 0 Å². The van der Waals surface area contributed by atoms with Crippen molar-refractivity contribution in [2.45, 2.75) is 38.8 Å². The lowest BCUT2D eigenvalue weighted by atomic mass is 9.96. The van der Waals surface area contributed by atoms with E-state index < -0.39 is 0 Å². The fourth-order valence-electron chi connectivity index (χ4n) is 3.04. The first-order chi connectivity index (χ1) is 10.0. The number of aliphatic hydroxyl groups excluding tert-OH is 1. The van der Waals surface area contributed by atoms with Crippen LogP contribution in [0.4, 0.5) is 4.39 Å². The lowest BCUT2D eigenvalue weighted by molar-refractivity contribution is 0.0338. The van der Waals surface area contributed by atoms with Gasteiger partial charge in [-0.3, -0.25) is 0 Å². The second-order valence-electron chi connectivity index (χ2n) is 6.27. The van der Waals surface area contributed by atoms with E-state index in [0.29, 0.717) is 11.5 Å². The molecule has 3 nitrogen and oxygen atoms in total. The summed E-state index contributed by atoms with van der Waals surface area (Å²) in [6, 6.07) is 5.65. The Morgan fingerprint density at radius 2 is 2.24 bits per heavy atom. The van der Waals surface area contributed by atoms with Crippen LogP contribution < -0.4 is 5.32 Å². The number of aryl methyl sites for hydroxylation is 1. The Kier molecular flexibility index (Phi) is 5.73. The van der Waals surface area contributed by atoms with Gasteiger partial charge in [0.1, 0.15) is 5.82 Å². The van der Waals surface area contributed by atoms with E-state index in [-0.39, 0.29) is 18.0 Å². The SMILES string of the molecule is CNC(CCN1CCC(O)C(C)C1)c1ccc(C)c(F)c1. The molecule has 118 valence electrons. The highest BCUT2D eigenvalue weighted by molar-refractivity contribution is 5.25. The highest BCUT2D eigenvalue weighted by Gasteiger charge is 2.24. The first-order valence-corrected chi connectivity index (χ1v) is 7.85. The quantitative estimate of drug-likeness (QED) is 0.876. The second kappa shape index (κ2) is 7.34. The maximum absolute atomic E-state index is 13.7. The van der Waals surface area contributed by atoms with Crippen molar-refractivity contribution < 1.29 is 9.50 Å². The molecule has 1 aliphatic heterocycles. The Labute approximate surface area is 127 Å². The largest absolute Gasteiger partial charge is 0.393 e. The minimum absolute atomic E-state index is 0.137. The van der Waals surface area contributed by atoms with E-state index in [4.69, 9.17) is 0 Å². The zero-order valence-corrected chi connectivity index (χ0v) is 13.3. The van der Waals surface area contributed by atoms with Crippen molar-refractivity contribution in [2.75, 3.05) is 26.7 Å². The third kappa shape index (κ3) is 4.25. The summed E-state index contributed by atoms with van der Waals surface area (Å²) in [5.41, 5.74) is 1.69. The van der Waals surface area contributed by atoms with Crippen LogP contribution in [0.1, 0.15) is 36.9 Å². The molecule has 3 unspecified atom stereocenters. The predicted octanol–water partition coefficient (Wildman–Crippen LogP) is 2.49. The van der Waals surface area contributed by atoms with Gasteiger partial charge in [-0.25, -0.2) is 4.39 Å². The zero-order chi connectivity index (χ0) is 15.4. The number of hydrogen-bond acceptors (Lipinski definition) is 3. The van der Waals surface area contributed by atoms with Crippen molar-refractivity contribution >= 4 is 0 Å². The zero-order valence-electron chi connectivity index (χ0n) is 13.3. The maximum atomic E-state index is 13.7. The molecule has 1 saturated heterocycles. The number of piperidine rings is 1. The smallest absolute Gasteiger partial charge is 0.126 e. The van der Waals surface area contributed by atoms with Crippen LogP contribution in [0, 0.1) is 18.7 Å². The third-order valence-electron chi connectivity index (χ3n) is 4.62. The van der Waals surface area contributed by atoms with Gasteiger partial charge in [-0.05, 0) is 56.5 Å². The van der Waals surface area contributed by atoms with Gasteiger partial charge in [-0.15, -0.1) is 0 Å². The second-order valence-corrected chi connectivity index (χ2v) is 6.27. The highest BCUT2D eigenvalue weighted by Crippen LogP contribution is 2.22. The summed E-state index contributed by atoms with van der Waals surface area (Å²) in [4.78, 5) is 2.40. The summed E-state index contributed by atoms with van der Waals surface area (Å²) < 4.78 is 13.7. The number of likely N-dealkylation sites (tertiary alicyclic amines) is 1. The fourth-order valence-corrected chi connectivity index (χ4v) is 3.04. The van der Waals surface area contributed by atoms with Gasteiger partial charge in [-0.2, -0.15) is 0 Å². The first kappa shape index (κ1) is 16.4. The summed E-state index contributed by atoms with van der Waals surface area (Å²) in [5.74, 6) is 0.200. The molecule has 0 aliphatic carbocycles. The van der Waals surface area contributed by atoms with E-state index in [2.05, 4.69) is 17.1 Å². The summed E-state index contributed by atoms with van der Waals surface area (Å²) in [7, 11) is 1.92. The van der Waals surface area contributed by atoms with E-state index in [1.807, 2.05) is 19.2 Å². The van der Waals surface area contributed by atoms with E-state index >= 15 is 0 Å². The van der Waals surface area contributed by atoms with Crippen LogP contribution in [0.25, 0.3) is 0 Å². The molecule has 1 fully saturated rings. The van der Waals surface area contributed by atoms with Gasteiger partial charge in [0.15, 0.2) is 0 Å². The normalized spacial score (nSPS) is 25.0. The number of aliphatic hydroxyl groups is 1. The third-order valence-corrected chi connectivity index (χ3v) is 4.62. The minimum Gasteiger partial charge on any atom is -0.393 e. The molecule has 1 aliphatic rings. The summed E-state index contributed by atoms with van der Waals surface area (Å²) in [5, 5.41) is 13.1. The number of nitrogens with one attached hydrogen (secondary N) is 1. The Morgan fingerprint density at radius 3 is 2.86 bits per heavy atom. The molecule has 21 heavy (non-hydrogen) atoms. The standard InChI is InChI=1S/C17H27FN2O/c1-12-4-5-14(10-15(12)18)16(19-3)6-8-20-9-7-17(21)13(2)11-20/h4-5,10,13,16-17,19,21H,6-9,11H2,1-3H3. The average molecular weight is 294 g/mol. The van der Waals surface area contributed by atoms with Crippen LogP contribution in [-0.4, -0.2) is 42.8 Å². The van der Waals surface area contributed by atoms with Gasteiger partial charge in [0.25, 0.3) is 0 Å². The molecule has 0 saturated carbocycles. The number of rotatable bonds is 5. The molecule has 3 atom stereocenters. The maximum Gasteiger partial charge on any atom is 0.126 e. The predicted molar refractivity (Wildman–Crippen MR) is 83.8 cm³/mol. The number of nitrogens with zero attached hydrogens (tertiary/aromatic N) is 1. The number of benzene rings is 1. The minimum atomic E-state index is -0.160. The Hall–Kier alpha value is -0.970. The topological polar surface area (TPSA) is 35.5 Å². The van der Waals surface area contributed by atoms with Crippen molar-refractivity contribution in [3.63, 3.8) is 0 Å². The average Bonchev–Trinajstić information content (AvgIpc) is 2.47. The molecule has 1 aromatic rings. The molecule has 4 heteroatoms. The summed E-state index contributed by atoms with van der Waals surface area (Å²) >= 11 is 0. The lowest BCUT2D eigenvalue weighted by Crippen LogP contribution is -2.42. The van der Waals surface area contributed by atoms with E-state index in [9.17, 15) is 9.50 Å². The molecule has 1 heterocycles. The van der Waals surface area contributed by atoms with Crippen molar-refractivity contribution in [1.29, 1.82) is 0 Å². The van der Waals surface area contributed by atoms with Gasteiger partial charge in [0.2, 0.25) is 0 Å². The molecule has 0 aromatic heterocycles. The molecule has 2 rings (SSSR count). The molecule has 0 radical (unpaired) electrons. The molecule has 2 N–H and O–H groups in total. The van der Waals surface area contributed by atoms with Gasteiger partial charge in [-0.1, -0.05) is 19.1 Å². The van der Waals surface area contributed by atoms with Crippen LogP contribution in [0.15, 0.2) is 18.2 Å². The summed E-state index contributed by atoms with van der Waals surface area (Å²) in [6.45, 7) is 6.75.